The zero-order valence-corrected chi connectivity index (χ0v) is 20.4. The number of amides is 1. The van der Waals surface area contributed by atoms with Gasteiger partial charge in [0.25, 0.3) is 5.91 Å². The third kappa shape index (κ3) is 5.63. The summed E-state index contributed by atoms with van der Waals surface area (Å²) in [6, 6.07) is 8.68. The maximum absolute atomic E-state index is 13.5. The molecule has 0 saturated carbocycles. The number of aliphatic hydroxyl groups excluding tert-OH is 1. The first-order valence-electron chi connectivity index (χ1n) is 10.7. The maximum Gasteiger partial charge on any atom is 0.259 e. The molecule has 2 heterocycles. The van der Waals surface area contributed by atoms with Gasteiger partial charge in [0.05, 0.1) is 32.6 Å². The average Bonchev–Trinajstić information content (AvgIpc) is 2.79. The average molecular weight is 478 g/mol. The highest BCUT2D eigenvalue weighted by atomic mass is 32.2. The molecule has 1 aromatic heterocycles. The molecule has 3 atom stereocenters. The fourth-order valence-corrected chi connectivity index (χ4v) is 4.07. The number of nitrogens with zero attached hydrogens (tertiary/aromatic N) is 3. The van der Waals surface area contributed by atoms with Crippen LogP contribution < -0.4 is 9.47 Å². The molecule has 0 radical (unpaired) electrons. The maximum atomic E-state index is 13.5. The van der Waals surface area contributed by atoms with Crippen LogP contribution in [0, 0.1) is 5.92 Å². The van der Waals surface area contributed by atoms with Crippen LogP contribution in [0.5, 0.6) is 11.6 Å². The van der Waals surface area contributed by atoms with Crippen LogP contribution in [0.25, 0.3) is 11.1 Å². The molecule has 9 nitrogen and oxygen atoms in total. The number of rotatable bonds is 7. The number of aliphatic hydroxyl groups is 1. The second kappa shape index (κ2) is 10.1. The van der Waals surface area contributed by atoms with Crippen LogP contribution in [0.2, 0.25) is 0 Å². The van der Waals surface area contributed by atoms with Gasteiger partial charge in [-0.25, -0.2) is 17.7 Å². The molecule has 0 fully saturated rings. The van der Waals surface area contributed by atoms with E-state index in [9.17, 15) is 18.3 Å². The van der Waals surface area contributed by atoms with Gasteiger partial charge in [-0.15, -0.1) is 0 Å². The number of benzene rings is 1. The van der Waals surface area contributed by atoms with E-state index in [-0.39, 0.29) is 36.4 Å². The highest BCUT2D eigenvalue weighted by molar-refractivity contribution is 7.88. The molecule has 0 aliphatic carbocycles. The number of ether oxygens (including phenoxy) is 2. The zero-order chi connectivity index (χ0) is 24.3. The molecule has 1 amide bonds. The monoisotopic (exact) mass is 477 g/mol. The Labute approximate surface area is 195 Å². The Hall–Kier alpha value is -2.69. The molecule has 180 valence electrons. The van der Waals surface area contributed by atoms with Gasteiger partial charge in [-0.2, -0.15) is 0 Å². The molecule has 1 aromatic carbocycles. The molecular formula is C23H31N3O6S. The summed E-state index contributed by atoms with van der Waals surface area (Å²) in [6.07, 6.45) is 2.22. The molecule has 3 rings (SSSR count). The van der Waals surface area contributed by atoms with Crippen LogP contribution in [0.1, 0.15) is 24.2 Å². The molecule has 1 aliphatic rings. The quantitative estimate of drug-likeness (QED) is 0.648. The van der Waals surface area contributed by atoms with Crippen molar-refractivity contribution < 1.29 is 27.8 Å². The Morgan fingerprint density at radius 2 is 1.97 bits per heavy atom. The number of sulfonamides is 1. The zero-order valence-electron chi connectivity index (χ0n) is 19.6. The van der Waals surface area contributed by atoms with E-state index in [0.29, 0.717) is 12.3 Å². The van der Waals surface area contributed by atoms with Crippen molar-refractivity contribution in [2.75, 3.05) is 40.1 Å². The number of hydrogen-bond acceptors (Lipinski definition) is 7. The molecule has 0 spiro atoms. The topological polar surface area (TPSA) is 109 Å². The van der Waals surface area contributed by atoms with E-state index in [2.05, 4.69) is 4.98 Å². The Bertz CT molecular complexity index is 1090. The molecule has 2 aromatic rings. The second-order valence-electron chi connectivity index (χ2n) is 8.47. The number of methoxy groups -OCH3 is 1. The van der Waals surface area contributed by atoms with Crippen molar-refractivity contribution in [2.45, 2.75) is 26.0 Å². The van der Waals surface area contributed by atoms with Crippen LogP contribution in [-0.4, -0.2) is 85.9 Å². The van der Waals surface area contributed by atoms with Gasteiger partial charge in [0, 0.05) is 31.3 Å². The van der Waals surface area contributed by atoms with Crippen molar-refractivity contribution in [2.24, 2.45) is 5.92 Å². The number of carbonyl (C=O) groups excluding carboxylic acids is 1. The van der Waals surface area contributed by atoms with E-state index >= 15 is 0 Å². The van der Waals surface area contributed by atoms with E-state index in [1.165, 1.54) is 11.4 Å². The van der Waals surface area contributed by atoms with Crippen molar-refractivity contribution in [1.29, 1.82) is 0 Å². The Morgan fingerprint density at radius 1 is 1.30 bits per heavy atom. The first kappa shape index (κ1) is 24.9. The van der Waals surface area contributed by atoms with Gasteiger partial charge in [0.1, 0.15) is 17.4 Å². The SMILES string of the molecule is COc1ccc(-c2cnc3c(c2)C(=O)N([C@@H](C)CO)C[C@H](C)[C@H](CN(C)S(C)(=O)=O)O3)cc1. The van der Waals surface area contributed by atoms with Gasteiger partial charge in [-0.3, -0.25) is 4.79 Å². The third-order valence-corrected chi connectivity index (χ3v) is 7.23. The predicted octanol–water partition coefficient (Wildman–Crippen LogP) is 1.87. The lowest BCUT2D eigenvalue weighted by molar-refractivity contribution is 0.0374. The molecule has 0 bridgehead atoms. The highest BCUT2D eigenvalue weighted by Crippen LogP contribution is 2.31. The molecular weight excluding hydrogens is 446 g/mol. The summed E-state index contributed by atoms with van der Waals surface area (Å²) in [5, 5.41) is 9.76. The van der Waals surface area contributed by atoms with E-state index in [0.717, 1.165) is 17.4 Å². The van der Waals surface area contributed by atoms with Gasteiger partial charge >= 0.3 is 0 Å². The molecule has 0 unspecified atom stereocenters. The minimum absolute atomic E-state index is 0.108. The normalized spacial score (nSPS) is 20.0. The molecule has 1 aliphatic heterocycles. The first-order chi connectivity index (χ1) is 15.5. The molecule has 1 N–H and O–H groups in total. The summed E-state index contributed by atoms with van der Waals surface area (Å²) in [4.78, 5) is 19.5. The minimum Gasteiger partial charge on any atom is -0.497 e. The smallest absolute Gasteiger partial charge is 0.259 e. The van der Waals surface area contributed by atoms with Gasteiger partial charge < -0.3 is 19.5 Å². The summed E-state index contributed by atoms with van der Waals surface area (Å²) >= 11 is 0. The lowest BCUT2D eigenvalue weighted by atomic mass is 9.99. The molecule has 0 saturated heterocycles. The fraction of sp³-hybridized carbons (Fsp3) is 0.478. The summed E-state index contributed by atoms with van der Waals surface area (Å²) in [5.41, 5.74) is 1.84. The van der Waals surface area contributed by atoms with Crippen LogP contribution >= 0.6 is 0 Å². The van der Waals surface area contributed by atoms with Gasteiger partial charge in [-0.1, -0.05) is 19.1 Å². The standard InChI is InChI=1S/C23H31N3O6S/c1-15-12-26(16(2)14-27)23(28)20-10-18(17-6-8-19(31-4)9-7-17)11-24-22(20)32-21(15)13-25(3)33(5,29)30/h6-11,15-16,21,27H,12-14H2,1-5H3/t15-,16-,21-/m0/s1. The van der Waals surface area contributed by atoms with Crippen LogP contribution in [0.15, 0.2) is 36.5 Å². The lowest BCUT2D eigenvalue weighted by Crippen LogP contribution is -2.50. The van der Waals surface area contributed by atoms with E-state index < -0.39 is 22.2 Å². The summed E-state index contributed by atoms with van der Waals surface area (Å²) in [7, 11) is -0.334. The number of hydrogen-bond donors (Lipinski definition) is 1. The van der Waals surface area contributed by atoms with Crippen molar-refractivity contribution in [3.63, 3.8) is 0 Å². The summed E-state index contributed by atoms with van der Waals surface area (Å²) in [5.74, 6) is 0.359. The molecule has 10 heteroatoms. The van der Waals surface area contributed by atoms with Crippen molar-refractivity contribution in [3.05, 3.63) is 42.1 Å². The van der Waals surface area contributed by atoms with Gasteiger partial charge in [0.2, 0.25) is 15.9 Å². The van der Waals surface area contributed by atoms with E-state index in [4.69, 9.17) is 9.47 Å². The lowest BCUT2D eigenvalue weighted by Gasteiger charge is -2.37. The van der Waals surface area contributed by atoms with Crippen LogP contribution in [0.4, 0.5) is 0 Å². The second-order valence-corrected chi connectivity index (χ2v) is 10.6. The Balaban J connectivity index is 2.05. The highest BCUT2D eigenvalue weighted by Gasteiger charge is 2.35. The van der Waals surface area contributed by atoms with E-state index in [1.54, 1.807) is 31.2 Å². The van der Waals surface area contributed by atoms with Gasteiger partial charge in [-0.05, 0) is 30.7 Å². The van der Waals surface area contributed by atoms with E-state index in [1.807, 2.05) is 31.2 Å². The first-order valence-corrected chi connectivity index (χ1v) is 12.5. The van der Waals surface area contributed by atoms with Crippen molar-refractivity contribution >= 4 is 15.9 Å². The Morgan fingerprint density at radius 3 is 2.55 bits per heavy atom. The van der Waals surface area contributed by atoms with Crippen LogP contribution in [0.3, 0.4) is 0 Å². The van der Waals surface area contributed by atoms with Crippen molar-refractivity contribution in [1.82, 2.24) is 14.2 Å². The van der Waals surface area contributed by atoms with Gasteiger partial charge in [0.15, 0.2) is 0 Å². The number of aromatic nitrogens is 1. The minimum atomic E-state index is -3.42. The fourth-order valence-electron chi connectivity index (χ4n) is 3.65. The Kier molecular flexibility index (Phi) is 7.61. The third-order valence-electron chi connectivity index (χ3n) is 5.95. The number of carbonyl (C=O) groups is 1. The largest absolute Gasteiger partial charge is 0.497 e. The summed E-state index contributed by atoms with van der Waals surface area (Å²) in [6.45, 7) is 3.87. The summed E-state index contributed by atoms with van der Waals surface area (Å²) < 4.78 is 36.5. The number of likely N-dealkylation sites (N-methyl/N-ethyl adjacent to an activating group) is 1. The van der Waals surface area contributed by atoms with Crippen molar-refractivity contribution in [3.8, 4) is 22.8 Å². The number of pyridine rings is 1. The number of fused-ring (bicyclic) bond motifs is 1. The van der Waals surface area contributed by atoms with Crippen LogP contribution in [-0.2, 0) is 10.0 Å². The predicted molar refractivity (Wildman–Crippen MR) is 125 cm³/mol. The molecule has 33 heavy (non-hydrogen) atoms.